The molecule has 0 aliphatic carbocycles. The molecule has 1 aromatic rings. The summed E-state index contributed by atoms with van der Waals surface area (Å²) in [4.78, 5) is 0. The lowest BCUT2D eigenvalue weighted by molar-refractivity contribution is -0.705. The van der Waals surface area contributed by atoms with E-state index in [4.69, 9.17) is 0 Å². The Hall–Kier alpha value is -0.790. The molecule has 0 fully saturated rings. The van der Waals surface area contributed by atoms with Crippen molar-refractivity contribution in [2.24, 2.45) is 0 Å². The van der Waals surface area contributed by atoms with Crippen molar-refractivity contribution in [3.63, 3.8) is 0 Å². The lowest BCUT2D eigenvalue weighted by Gasteiger charge is -2.08. The molecule has 36 heavy (non-hydrogen) atoms. The Balaban J connectivity index is 2.07. The highest BCUT2D eigenvalue weighted by Crippen LogP contribution is 2.16. The topological polar surface area (TPSA) is 8.81 Å². The highest BCUT2D eigenvalue weighted by Gasteiger charge is 2.20. The van der Waals surface area contributed by atoms with Crippen LogP contribution < -0.4 is 4.57 Å². The van der Waals surface area contributed by atoms with Gasteiger partial charge in [-0.15, -0.1) is 0 Å². The summed E-state index contributed by atoms with van der Waals surface area (Å²) in [5, 5.41) is 0. The van der Waals surface area contributed by atoms with Crippen LogP contribution in [0.15, 0.2) is 12.4 Å². The molecule has 0 radical (unpaired) electrons. The average molecular weight is 504 g/mol. The molecule has 0 atom stereocenters. The quantitative estimate of drug-likeness (QED) is 0.0833. The summed E-state index contributed by atoms with van der Waals surface area (Å²) in [6.45, 7) is 11.8. The van der Waals surface area contributed by atoms with Gasteiger partial charge in [0.15, 0.2) is 0 Å². The van der Waals surface area contributed by atoms with Crippen molar-refractivity contribution in [3.05, 3.63) is 18.2 Å². The maximum Gasteiger partial charge on any atom is 0.258 e. The van der Waals surface area contributed by atoms with E-state index in [1.54, 1.807) is 5.82 Å². The predicted molar refractivity (Wildman–Crippen MR) is 161 cm³/mol. The first kappa shape index (κ1) is 33.2. The number of hydrogen-bond donors (Lipinski definition) is 0. The highest BCUT2D eigenvalue weighted by molar-refractivity contribution is 4.89. The monoisotopic (exact) mass is 504 g/mol. The molecule has 0 aliphatic heterocycles. The minimum atomic E-state index is 0.606. The molecule has 2 nitrogen and oxygen atoms in total. The van der Waals surface area contributed by atoms with Gasteiger partial charge in [0.1, 0.15) is 12.4 Å². The van der Waals surface area contributed by atoms with Crippen molar-refractivity contribution in [1.29, 1.82) is 0 Å². The third kappa shape index (κ3) is 17.6. The molecule has 0 spiro atoms. The van der Waals surface area contributed by atoms with Gasteiger partial charge in [-0.05, 0) is 25.7 Å². The zero-order valence-corrected chi connectivity index (χ0v) is 25.5. The molecule has 0 aliphatic rings. The smallest absolute Gasteiger partial charge is 0.234 e. The number of nitrogens with zero attached hydrogens (tertiary/aromatic N) is 2. The van der Waals surface area contributed by atoms with Gasteiger partial charge in [-0.2, -0.15) is 0 Å². The Bertz CT molecular complexity index is 574. The average Bonchev–Trinajstić information content (AvgIpc) is 3.28. The third-order valence-electron chi connectivity index (χ3n) is 8.04. The van der Waals surface area contributed by atoms with Crippen LogP contribution in [0.5, 0.6) is 0 Å². The molecule has 0 N–H and O–H groups in total. The Morgan fingerprint density at radius 2 is 0.889 bits per heavy atom. The summed E-state index contributed by atoms with van der Waals surface area (Å²) in [6, 6.07) is 0. The second kappa shape index (κ2) is 24.5. The number of hydrogen-bond acceptors (Lipinski definition) is 0. The van der Waals surface area contributed by atoms with Crippen LogP contribution >= 0.6 is 0 Å². The zero-order chi connectivity index (χ0) is 26.1. The fourth-order valence-corrected chi connectivity index (χ4v) is 5.77. The van der Waals surface area contributed by atoms with Crippen molar-refractivity contribution >= 4 is 0 Å². The van der Waals surface area contributed by atoms with Gasteiger partial charge in [-0.25, -0.2) is 9.13 Å². The van der Waals surface area contributed by atoms with E-state index < -0.39 is 0 Å². The number of aryl methyl sites for hydroxylation is 2. The summed E-state index contributed by atoms with van der Waals surface area (Å²) < 4.78 is 5.11. The maximum absolute atomic E-state index is 2.56. The van der Waals surface area contributed by atoms with E-state index in [1.165, 1.54) is 167 Å². The summed E-state index contributed by atoms with van der Waals surface area (Å²) in [5.74, 6) is 2.15. The number of aromatic nitrogens is 2. The highest BCUT2D eigenvalue weighted by atomic mass is 15.1. The number of imidazole rings is 1. The maximum atomic E-state index is 2.56. The molecular formula is C34H67N2+. The van der Waals surface area contributed by atoms with E-state index in [0.717, 1.165) is 0 Å². The van der Waals surface area contributed by atoms with Crippen molar-refractivity contribution in [3.8, 4) is 0 Å². The van der Waals surface area contributed by atoms with Crippen molar-refractivity contribution in [2.45, 2.75) is 201 Å². The van der Waals surface area contributed by atoms with E-state index in [1.807, 2.05) is 0 Å². The molecule has 1 aromatic heterocycles. The first-order valence-corrected chi connectivity index (χ1v) is 16.8. The van der Waals surface area contributed by atoms with Gasteiger partial charge in [0.25, 0.3) is 5.82 Å². The molecule has 2 heteroatoms. The summed E-state index contributed by atoms with van der Waals surface area (Å²) in [5.41, 5.74) is 0. The Morgan fingerprint density at radius 3 is 1.28 bits per heavy atom. The van der Waals surface area contributed by atoms with Gasteiger partial charge in [0, 0.05) is 0 Å². The van der Waals surface area contributed by atoms with E-state index in [9.17, 15) is 0 Å². The fourth-order valence-electron chi connectivity index (χ4n) is 5.77. The van der Waals surface area contributed by atoms with Gasteiger partial charge in [-0.1, -0.05) is 156 Å². The van der Waals surface area contributed by atoms with Crippen LogP contribution in [0.25, 0.3) is 0 Å². The first-order chi connectivity index (χ1) is 17.7. The number of rotatable bonds is 27. The van der Waals surface area contributed by atoms with Crippen LogP contribution in [0, 0.1) is 0 Å². The molecule has 0 saturated heterocycles. The van der Waals surface area contributed by atoms with Crippen molar-refractivity contribution in [2.75, 3.05) is 0 Å². The van der Waals surface area contributed by atoms with E-state index in [-0.39, 0.29) is 0 Å². The molecule has 0 aromatic carbocycles. The molecule has 1 heterocycles. The van der Waals surface area contributed by atoms with Gasteiger partial charge in [0.05, 0.1) is 19.0 Å². The van der Waals surface area contributed by atoms with Crippen molar-refractivity contribution < 1.29 is 4.57 Å². The van der Waals surface area contributed by atoms with Crippen LogP contribution in [0.3, 0.4) is 0 Å². The van der Waals surface area contributed by atoms with Gasteiger partial charge in [-0.3, -0.25) is 0 Å². The molecule has 0 bridgehead atoms. The van der Waals surface area contributed by atoms with Gasteiger partial charge < -0.3 is 0 Å². The minimum Gasteiger partial charge on any atom is -0.234 e. The van der Waals surface area contributed by atoms with E-state index in [0.29, 0.717) is 5.92 Å². The SMILES string of the molecule is CCCCCCCCCCCCCCCn1cc[n+](CCCCCCCCCCCCC)c1C(C)C. The van der Waals surface area contributed by atoms with Crippen LogP contribution in [-0.4, -0.2) is 4.57 Å². The molecule has 0 unspecified atom stereocenters. The predicted octanol–water partition coefficient (Wildman–Crippen LogP) is 11.3. The third-order valence-corrected chi connectivity index (χ3v) is 8.04. The normalized spacial score (nSPS) is 11.7. The van der Waals surface area contributed by atoms with Crippen LogP contribution in [-0.2, 0) is 13.1 Å². The van der Waals surface area contributed by atoms with Crippen LogP contribution in [0.1, 0.15) is 194 Å². The van der Waals surface area contributed by atoms with Gasteiger partial charge in [0.2, 0.25) is 0 Å². The number of unbranched alkanes of at least 4 members (excludes halogenated alkanes) is 22. The van der Waals surface area contributed by atoms with Crippen molar-refractivity contribution in [1.82, 2.24) is 4.57 Å². The second-order valence-electron chi connectivity index (χ2n) is 12.0. The standard InChI is InChI=1S/C34H67N2/c1-5-7-9-11-13-15-17-18-20-22-24-26-28-30-36-32-31-35(34(36)33(3)4)29-27-25-23-21-19-16-14-12-10-8-6-2/h31-33H,5-30H2,1-4H3/q+1. The Kier molecular flexibility index (Phi) is 22.7. The zero-order valence-electron chi connectivity index (χ0n) is 25.5. The molecule has 212 valence electrons. The molecular weight excluding hydrogens is 436 g/mol. The lowest BCUT2D eigenvalue weighted by Crippen LogP contribution is -2.38. The lowest BCUT2D eigenvalue weighted by atomic mass is 10.0. The van der Waals surface area contributed by atoms with Gasteiger partial charge >= 0.3 is 0 Å². The van der Waals surface area contributed by atoms with E-state index in [2.05, 4.69) is 49.2 Å². The summed E-state index contributed by atoms with van der Waals surface area (Å²) in [6.07, 6.45) is 39.0. The molecule has 0 amide bonds. The Labute approximate surface area is 228 Å². The first-order valence-electron chi connectivity index (χ1n) is 16.8. The molecule has 0 saturated carbocycles. The van der Waals surface area contributed by atoms with E-state index >= 15 is 0 Å². The summed E-state index contributed by atoms with van der Waals surface area (Å²) >= 11 is 0. The molecule has 1 rings (SSSR count). The van der Waals surface area contributed by atoms with Crippen LogP contribution in [0.4, 0.5) is 0 Å². The second-order valence-corrected chi connectivity index (χ2v) is 12.0. The largest absolute Gasteiger partial charge is 0.258 e. The summed E-state index contributed by atoms with van der Waals surface area (Å²) in [7, 11) is 0. The minimum absolute atomic E-state index is 0.606. The Morgan fingerprint density at radius 1 is 0.528 bits per heavy atom. The van der Waals surface area contributed by atoms with Crippen LogP contribution in [0.2, 0.25) is 0 Å². The fraction of sp³-hybridized carbons (Fsp3) is 0.912.